The highest BCUT2D eigenvalue weighted by Gasteiger charge is 2.13. The van der Waals surface area contributed by atoms with Gasteiger partial charge in [-0.2, -0.15) is 0 Å². The van der Waals surface area contributed by atoms with Crippen molar-refractivity contribution < 1.29 is 0 Å². The van der Waals surface area contributed by atoms with Gasteiger partial charge in [0.05, 0.1) is 0 Å². The molecule has 0 heterocycles. The lowest BCUT2D eigenvalue weighted by atomic mass is 9.87. The maximum absolute atomic E-state index is 2.61. The van der Waals surface area contributed by atoms with Crippen molar-refractivity contribution in [3.8, 4) is 0 Å². The molecule has 0 N–H and O–H groups in total. The van der Waals surface area contributed by atoms with Crippen molar-refractivity contribution >= 4 is 0 Å². The summed E-state index contributed by atoms with van der Waals surface area (Å²) in [6.07, 6.45) is 8.65. The van der Waals surface area contributed by atoms with Gasteiger partial charge in [-0.05, 0) is 151 Å². The first-order chi connectivity index (χ1) is 22.0. The molecule has 46 heavy (non-hydrogen) atoms. The topological polar surface area (TPSA) is 0 Å². The van der Waals surface area contributed by atoms with E-state index in [1.54, 1.807) is 0 Å². The van der Waals surface area contributed by atoms with E-state index >= 15 is 0 Å². The normalized spacial score (nSPS) is 11.3. The average Bonchev–Trinajstić information content (AvgIpc) is 2.95. The van der Waals surface area contributed by atoms with Gasteiger partial charge in [-0.1, -0.05) is 129 Å². The summed E-state index contributed by atoms with van der Waals surface area (Å²) in [4.78, 5) is 0. The molecular weight excluding hydrogens is 553 g/mol. The predicted molar refractivity (Wildman–Crippen MR) is 200 cm³/mol. The van der Waals surface area contributed by atoms with Crippen LogP contribution in [0.4, 0.5) is 0 Å². The molecule has 238 valence electrons. The van der Waals surface area contributed by atoms with E-state index in [9.17, 15) is 0 Å². The molecule has 0 saturated heterocycles. The minimum absolute atomic E-state index is 1.08. The summed E-state index contributed by atoms with van der Waals surface area (Å²) in [5.41, 5.74) is 22.8. The Hall–Kier alpha value is -3.90. The second-order valence-electron chi connectivity index (χ2n) is 14.4. The summed E-state index contributed by atoms with van der Waals surface area (Å²) in [7, 11) is 0. The molecule has 0 radical (unpaired) electrons. The van der Waals surface area contributed by atoms with E-state index in [2.05, 4.69) is 140 Å². The second kappa shape index (κ2) is 15.1. The summed E-state index contributed by atoms with van der Waals surface area (Å²) in [5.74, 6) is 0. The molecule has 0 heteroatoms. The Morgan fingerprint density at radius 1 is 0.217 bits per heavy atom. The van der Waals surface area contributed by atoms with Gasteiger partial charge >= 0.3 is 0 Å². The summed E-state index contributed by atoms with van der Waals surface area (Å²) in [5, 5.41) is 0. The van der Waals surface area contributed by atoms with Gasteiger partial charge < -0.3 is 0 Å². The van der Waals surface area contributed by atoms with Crippen molar-refractivity contribution in [3.05, 3.63) is 174 Å². The monoisotopic (exact) mass is 606 g/mol. The zero-order valence-corrected chi connectivity index (χ0v) is 29.7. The Morgan fingerprint density at radius 2 is 0.391 bits per heavy atom. The summed E-state index contributed by atoms with van der Waals surface area (Å²) in [6, 6.07) is 33.4. The van der Waals surface area contributed by atoms with Crippen molar-refractivity contribution in [2.75, 3.05) is 0 Å². The van der Waals surface area contributed by atoms with Crippen LogP contribution in [-0.4, -0.2) is 0 Å². The third kappa shape index (κ3) is 9.56. The van der Waals surface area contributed by atoms with E-state index in [0.29, 0.717) is 0 Å². The van der Waals surface area contributed by atoms with E-state index in [0.717, 1.165) is 51.4 Å². The minimum atomic E-state index is 1.08. The Balaban J connectivity index is 1.50. The Kier molecular flexibility index (Phi) is 11.0. The van der Waals surface area contributed by atoms with Crippen LogP contribution in [0.25, 0.3) is 0 Å². The zero-order chi connectivity index (χ0) is 32.8. The van der Waals surface area contributed by atoms with E-state index < -0.39 is 0 Å². The van der Waals surface area contributed by atoms with Gasteiger partial charge in [-0.3, -0.25) is 0 Å². The second-order valence-corrected chi connectivity index (χ2v) is 14.4. The van der Waals surface area contributed by atoms with Crippen LogP contribution in [0.2, 0.25) is 0 Å². The molecular formula is C46H54. The Bertz CT molecular complexity index is 1470. The lowest BCUT2D eigenvalue weighted by Crippen LogP contribution is -2.07. The van der Waals surface area contributed by atoms with Crippen LogP contribution in [0.3, 0.4) is 0 Å². The molecule has 0 unspecified atom stereocenters. The highest BCUT2D eigenvalue weighted by atomic mass is 14.2. The molecule has 0 bridgehead atoms. The van der Waals surface area contributed by atoms with Gasteiger partial charge in [0.15, 0.2) is 0 Å². The van der Waals surface area contributed by atoms with Crippen molar-refractivity contribution in [3.63, 3.8) is 0 Å². The van der Waals surface area contributed by atoms with E-state index in [-0.39, 0.29) is 0 Å². The van der Waals surface area contributed by atoms with Crippen molar-refractivity contribution in [1.82, 2.24) is 0 Å². The highest BCUT2D eigenvalue weighted by Crippen LogP contribution is 2.26. The molecule has 0 saturated carbocycles. The fraction of sp³-hybridized carbons (Fsp3) is 0.348. The van der Waals surface area contributed by atoms with Crippen molar-refractivity contribution in [2.45, 2.75) is 107 Å². The summed E-state index contributed by atoms with van der Waals surface area (Å²) >= 11 is 0. The standard InChI is InChI=1S/C46H54/c1-31-17-32(2)22-39(21-31)9-13-43-29-45(15-11-41-25-35(5)19-36(6)26-41)46(16-12-42-27-37(7)20-38(8)28-42)30-44(43)14-10-40-23-33(3)18-34(4)24-40/h17-30H,9-16H2,1-8H3. The smallest absolute Gasteiger partial charge is 0.0235 e. The zero-order valence-electron chi connectivity index (χ0n) is 29.7. The van der Waals surface area contributed by atoms with Crippen LogP contribution in [0.1, 0.15) is 89.0 Å². The Morgan fingerprint density at radius 3 is 0.565 bits per heavy atom. The molecule has 0 spiro atoms. The summed E-state index contributed by atoms with van der Waals surface area (Å²) < 4.78 is 0. The van der Waals surface area contributed by atoms with Crippen LogP contribution in [0.15, 0.2) is 84.9 Å². The minimum Gasteiger partial charge on any atom is -0.0564 e. The largest absolute Gasteiger partial charge is 0.0564 e. The molecule has 0 amide bonds. The fourth-order valence-corrected chi connectivity index (χ4v) is 7.69. The lowest BCUT2D eigenvalue weighted by molar-refractivity contribution is 0.850. The molecule has 0 aliphatic rings. The highest BCUT2D eigenvalue weighted by molar-refractivity contribution is 5.42. The van der Waals surface area contributed by atoms with Crippen molar-refractivity contribution in [1.29, 1.82) is 0 Å². The third-order valence-electron chi connectivity index (χ3n) is 9.38. The molecule has 5 aromatic rings. The molecule has 0 atom stereocenters. The van der Waals surface area contributed by atoms with Crippen LogP contribution < -0.4 is 0 Å². The van der Waals surface area contributed by atoms with Gasteiger partial charge in [0.25, 0.3) is 0 Å². The van der Waals surface area contributed by atoms with Gasteiger partial charge in [0.1, 0.15) is 0 Å². The van der Waals surface area contributed by atoms with Crippen LogP contribution in [0.5, 0.6) is 0 Å². The van der Waals surface area contributed by atoms with Crippen molar-refractivity contribution in [2.24, 2.45) is 0 Å². The SMILES string of the molecule is Cc1cc(C)cc(CCc2cc(CCc3cc(C)cc(C)c3)c(CCc3cc(C)cc(C)c3)cc2CCc2cc(C)cc(C)c2)c1. The third-order valence-corrected chi connectivity index (χ3v) is 9.38. The molecule has 0 aromatic heterocycles. The quantitative estimate of drug-likeness (QED) is 0.132. The first-order valence-electron chi connectivity index (χ1n) is 17.4. The van der Waals surface area contributed by atoms with Gasteiger partial charge in [0.2, 0.25) is 0 Å². The summed E-state index contributed by atoms with van der Waals surface area (Å²) in [6.45, 7) is 17.8. The van der Waals surface area contributed by atoms with E-state index in [4.69, 9.17) is 0 Å². The first kappa shape index (κ1) is 33.5. The molecule has 5 aromatic carbocycles. The first-order valence-corrected chi connectivity index (χ1v) is 17.4. The number of benzene rings is 5. The number of hydrogen-bond acceptors (Lipinski definition) is 0. The molecule has 5 rings (SSSR count). The van der Waals surface area contributed by atoms with Crippen LogP contribution in [0, 0.1) is 55.4 Å². The number of aryl methyl sites for hydroxylation is 16. The van der Waals surface area contributed by atoms with E-state index in [1.807, 2.05) is 0 Å². The number of rotatable bonds is 12. The van der Waals surface area contributed by atoms with E-state index in [1.165, 1.54) is 89.0 Å². The molecule has 0 aliphatic carbocycles. The maximum Gasteiger partial charge on any atom is -0.0235 e. The van der Waals surface area contributed by atoms with Crippen LogP contribution in [-0.2, 0) is 51.4 Å². The fourth-order valence-electron chi connectivity index (χ4n) is 7.69. The van der Waals surface area contributed by atoms with Crippen LogP contribution >= 0.6 is 0 Å². The predicted octanol–water partition coefficient (Wildman–Crippen LogP) is 11.3. The maximum atomic E-state index is 2.61. The van der Waals surface area contributed by atoms with Gasteiger partial charge in [-0.15, -0.1) is 0 Å². The van der Waals surface area contributed by atoms with Gasteiger partial charge in [-0.25, -0.2) is 0 Å². The lowest BCUT2D eigenvalue weighted by Gasteiger charge is -2.19. The number of hydrogen-bond donors (Lipinski definition) is 0. The average molecular weight is 607 g/mol. The van der Waals surface area contributed by atoms with Gasteiger partial charge in [0, 0.05) is 0 Å². The molecule has 0 aliphatic heterocycles. The molecule has 0 nitrogen and oxygen atoms in total. The Labute approximate surface area is 279 Å². The molecule has 0 fully saturated rings.